The molecule has 0 spiro atoms. The normalized spacial score (nSPS) is 10.9. The van der Waals surface area contributed by atoms with Crippen LogP contribution in [0.3, 0.4) is 0 Å². The van der Waals surface area contributed by atoms with Crippen LogP contribution in [-0.2, 0) is 12.2 Å². The van der Waals surface area contributed by atoms with Crippen molar-refractivity contribution in [2.24, 2.45) is 0 Å². The summed E-state index contributed by atoms with van der Waals surface area (Å²) < 4.78 is 2.04. The minimum atomic E-state index is 0.769. The molecule has 0 aliphatic rings. The molecule has 0 bridgehead atoms. The van der Waals surface area contributed by atoms with Crippen LogP contribution in [0, 0.1) is 0 Å². The molecule has 6 heteroatoms. The van der Waals surface area contributed by atoms with Crippen molar-refractivity contribution in [2.45, 2.75) is 17.2 Å². The second kappa shape index (κ2) is 8.01. The van der Waals surface area contributed by atoms with Crippen molar-refractivity contribution < 1.29 is 0 Å². The zero-order valence-electron chi connectivity index (χ0n) is 14.2. The molecule has 130 valence electrons. The van der Waals surface area contributed by atoms with Crippen LogP contribution in [0.4, 0.5) is 5.82 Å². The van der Waals surface area contributed by atoms with Crippen LogP contribution < -0.4 is 5.32 Å². The van der Waals surface area contributed by atoms with Crippen molar-refractivity contribution in [2.75, 3.05) is 11.9 Å². The van der Waals surface area contributed by atoms with E-state index in [9.17, 15) is 0 Å². The number of hydrogen-bond donors (Lipinski definition) is 1. The molecular formula is C20H19N5S. The van der Waals surface area contributed by atoms with Crippen LogP contribution in [-0.4, -0.2) is 25.9 Å². The van der Waals surface area contributed by atoms with E-state index in [1.807, 2.05) is 34.9 Å². The van der Waals surface area contributed by atoms with E-state index in [-0.39, 0.29) is 0 Å². The largest absolute Gasteiger partial charge is 0.368 e. The predicted molar refractivity (Wildman–Crippen MR) is 105 cm³/mol. The van der Waals surface area contributed by atoms with Gasteiger partial charge >= 0.3 is 0 Å². The molecule has 1 N–H and O–H groups in total. The van der Waals surface area contributed by atoms with Gasteiger partial charge in [0, 0.05) is 31.1 Å². The molecule has 26 heavy (non-hydrogen) atoms. The summed E-state index contributed by atoms with van der Waals surface area (Å²) in [5.74, 6) is 1.69. The average molecular weight is 361 g/mol. The second-order valence-corrected chi connectivity index (χ2v) is 6.89. The van der Waals surface area contributed by atoms with Gasteiger partial charge in [0.25, 0.3) is 0 Å². The Bertz CT molecular complexity index is 951. The number of thioether (sulfide) groups is 1. The van der Waals surface area contributed by atoms with Gasteiger partial charge in [-0.1, -0.05) is 36.4 Å². The van der Waals surface area contributed by atoms with Crippen LogP contribution in [0.25, 0.3) is 5.65 Å². The quantitative estimate of drug-likeness (QED) is 0.503. The highest BCUT2D eigenvalue weighted by molar-refractivity contribution is 7.98. The Labute approximate surface area is 156 Å². The first-order chi connectivity index (χ1) is 12.9. The summed E-state index contributed by atoms with van der Waals surface area (Å²) in [7, 11) is 0. The fourth-order valence-electron chi connectivity index (χ4n) is 2.66. The highest BCUT2D eigenvalue weighted by Gasteiger charge is 2.03. The molecular weight excluding hydrogens is 342 g/mol. The molecule has 0 saturated carbocycles. The highest BCUT2D eigenvalue weighted by atomic mass is 32.2. The van der Waals surface area contributed by atoms with E-state index in [0.29, 0.717) is 0 Å². The van der Waals surface area contributed by atoms with Crippen molar-refractivity contribution in [1.82, 2.24) is 19.4 Å². The summed E-state index contributed by atoms with van der Waals surface area (Å²) in [6.07, 6.45) is 8.48. The maximum atomic E-state index is 4.63. The van der Waals surface area contributed by atoms with Crippen molar-refractivity contribution in [3.8, 4) is 0 Å². The van der Waals surface area contributed by atoms with E-state index in [1.54, 1.807) is 24.2 Å². The minimum absolute atomic E-state index is 0.769. The fourth-order valence-corrected chi connectivity index (χ4v) is 3.47. The van der Waals surface area contributed by atoms with Gasteiger partial charge in [-0.25, -0.2) is 9.97 Å². The fraction of sp³-hybridized carbons (Fsp3) is 0.150. The third kappa shape index (κ3) is 4.21. The summed E-state index contributed by atoms with van der Waals surface area (Å²) >= 11 is 1.69. The summed E-state index contributed by atoms with van der Waals surface area (Å²) in [5, 5.41) is 4.26. The molecule has 0 saturated heterocycles. The summed E-state index contributed by atoms with van der Waals surface area (Å²) in [5.41, 5.74) is 3.32. The lowest BCUT2D eigenvalue weighted by atomic mass is 10.2. The summed E-state index contributed by atoms with van der Waals surface area (Å²) in [4.78, 5) is 13.5. The Morgan fingerprint density at radius 2 is 1.85 bits per heavy atom. The van der Waals surface area contributed by atoms with Crippen molar-refractivity contribution in [3.05, 3.63) is 84.6 Å². The molecule has 0 aliphatic carbocycles. The lowest BCUT2D eigenvalue weighted by Crippen LogP contribution is -2.07. The first-order valence-corrected chi connectivity index (χ1v) is 9.51. The lowest BCUT2D eigenvalue weighted by molar-refractivity contribution is 0.950. The molecule has 0 amide bonds. The topological polar surface area (TPSA) is 55.1 Å². The smallest absolute Gasteiger partial charge is 0.145 e. The van der Waals surface area contributed by atoms with Crippen LogP contribution in [0.15, 0.2) is 78.3 Å². The number of imidazole rings is 1. The molecule has 5 nitrogen and oxygen atoms in total. The number of nitrogens with zero attached hydrogens (tertiary/aromatic N) is 4. The molecule has 0 atom stereocenters. The van der Waals surface area contributed by atoms with Crippen LogP contribution in [0.5, 0.6) is 0 Å². The standard InChI is InChI=1S/C20H19N5S/c1-2-6-16(7-3-1)15-26-20-13-21-12-18(24-20)22-10-9-17-14-25-11-5-4-8-19(25)23-17/h1-8,11-14H,9-10,15H2,(H,22,24). The van der Waals surface area contributed by atoms with Gasteiger partial charge in [-0.05, 0) is 17.7 Å². The van der Waals surface area contributed by atoms with Crippen molar-refractivity contribution in [3.63, 3.8) is 0 Å². The van der Waals surface area contributed by atoms with Gasteiger partial charge in [-0.2, -0.15) is 0 Å². The van der Waals surface area contributed by atoms with Gasteiger partial charge < -0.3 is 9.72 Å². The van der Waals surface area contributed by atoms with Crippen LogP contribution in [0.1, 0.15) is 11.3 Å². The van der Waals surface area contributed by atoms with Crippen molar-refractivity contribution in [1.29, 1.82) is 0 Å². The Hall–Kier alpha value is -2.86. The van der Waals surface area contributed by atoms with Gasteiger partial charge in [0.15, 0.2) is 0 Å². The average Bonchev–Trinajstić information content (AvgIpc) is 3.10. The third-order valence-electron chi connectivity index (χ3n) is 3.94. The Kier molecular flexibility index (Phi) is 5.12. The second-order valence-electron chi connectivity index (χ2n) is 5.89. The Morgan fingerprint density at radius 1 is 0.962 bits per heavy atom. The van der Waals surface area contributed by atoms with Crippen LogP contribution >= 0.6 is 11.8 Å². The SMILES string of the molecule is c1ccc(CSc2cncc(NCCc3cn4ccccc4n3)n2)cc1. The van der Waals surface area contributed by atoms with Gasteiger partial charge in [0.1, 0.15) is 16.5 Å². The number of anilines is 1. The summed E-state index contributed by atoms with van der Waals surface area (Å²) in [6.45, 7) is 0.769. The molecule has 0 aliphatic heterocycles. The van der Waals surface area contributed by atoms with E-state index in [4.69, 9.17) is 0 Å². The maximum Gasteiger partial charge on any atom is 0.145 e. The Balaban J connectivity index is 1.32. The van der Waals surface area contributed by atoms with Gasteiger partial charge in [0.2, 0.25) is 0 Å². The number of rotatable bonds is 7. The van der Waals surface area contributed by atoms with Gasteiger partial charge in [0.05, 0.1) is 18.1 Å². The number of benzene rings is 1. The Morgan fingerprint density at radius 3 is 2.73 bits per heavy atom. The van der Waals surface area contributed by atoms with E-state index in [2.05, 4.69) is 50.7 Å². The first-order valence-electron chi connectivity index (χ1n) is 8.52. The number of aromatic nitrogens is 4. The number of pyridine rings is 1. The third-order valence-corrected chi connectivity index (χ3v) is 4.91. The first kappa shape index (κ1) is 16.6. The highest BCUT2D eigenvalue weighted by Crippen LogP contribution is 2.21. The van der Waals surface area contributed by atoms with Crippen LogP contribution in [0.2, 0.25) is 0 Å². The number of nitrogens with one attached hydrogen (secondary N) is 1. The van der Waals surface area contributed by atoms with Crippen molar-refractivity contribution >= 4 is 23.2 Å². The molecule has 1 aromatic carbocycles. The van der Waals surface area contributed by atoms with E-state index in [1.165, 1.54) is 5.56 Å². The zero-order valence-corrected chi connectivity index (χ0v) is 15.1. The van der Waals surface area contributed by atoms with E-state index >= 15 is 0 Å². The number of fused-ring (bicyclic) bond motifs is 1. The van der Waals surface area contributed by atoms with Gasteiger partial charge in [-0.15, -0.1) is 11.8 Å². The molecule has 4 aromatic rings. The van der Waals surface area contributed by atoms with E-state index in [0.717, 1.165) is 40.9 Å². The monoisotopic (exact) mass is 361 g/mol. The molecule has 0 radical (unpaired) electrons. The zero-order chi connectivity index (χ0) is 17.6. The summed E-state index contributed by atoms with van der Waals surface area (Å²) in [6, 6.07) is 16.4. The molecule has 4 rings (SSSR count). The molecule has 0 fully saturated rings. The number of hydrogen-bond acceptors (Lipinski definition) is 5. The molecule has 3 aromatic heterocycles. The lowest BCUT2D eigenvalue weighted by Gasteiger charge is -2.06. The van der Waals surface area contributed by atoms with Gasteiger partial charge in [-0.3, -0.25) is 4.98 Å². The maximum absolute atomic E-state index is 4.63. The predicted octanol–water partition coefficient (Wildman–Crippen LogP) is 4.07. The molecule has 3 heterocycles. The minimum Gasteiger partial charge on any atom is -0.368 e. The molecule has 0 unspecified atom stereocenters. The van der Waals surface area contributed by atoms with E-state index < -0.39 is 0 Å².